The van der Waals surface area contributed by atoms with Crippen molar-refractivity contribution in [3.63, 3.8) is 0 Å². The molecular weight excluding hydrogens is 358 g/mol. The fraction of sp³-hybridized carbons (Fsp3) is 0.529. The van der Waals surface area contributed by atoms with Gasteiger partial charge >= 0.3 is 0 Å². The summed E-state index contributed by atoms with van der Waals surface area (Å²) in [5.41, 5.74) is 0.772. The molecule has 1 N–H and O–H groups in total. The number of carbonyl (C=O) groups is 1. The second-order valence-corrected chi connectivity index (χ2v) is 8.23. The van der Waals surface area contributed by atoms with Crippen LogP contribution in [0.25, 0.3) is 5.69 Å². The number of tetrazole rings is 1. The summed E-state index contributed by atoms with van der Waals surface area (Å²) in [6, 6.07) is 7.57. The normalized spacial score (nSPS) is 21.7. The van der Waals surface area contributed by atoms with E-state index in [-0.39, 0.29) is 17.2 Å². The molecule has 2 aromatic rings. The first kappa shape index (κ1) is 18.2. The first-order valence-corrected chi connectivity index (χ1v) is 9.81. The molecule has 3 rings (SSSR count). The molecule has 1 aliphatic rings. The lowest BCUT2D eigenvalue weighted by Crippen LogP contribution is -2.44. The van der Waals surface area contributed by atoms with E-state index < -0.39 is 0 Å². The summed E-state index contributed by atoms with van der Waals surface area (Å²) < 4.78 is 1.60. The first-order valence-electron chi connectivity index (χ1n) is 8.56. The van der Waals surface area contributed by atoms with Gasteiger partial charge in [0.2, 0.25) is 11.1 Å². The summed E-state index contributed by atoms with van der Waals surface area (Å²) in [6.45, 7) is 4.09. The Morgan fingerprint density at radius 2 is 2.20 bits per heavy atom. The monoisotopic (exact) mass is 379 g/mol. The number of carbonyl (C=O) groups excluding carboxylic acids is 1. The molecule has 0 saturated heterocycles. The average Bonchev–Trinajstić information content (AvgIpc) is 3.05. The Labute approximate surface area is 156 Å². The second kappa shape index (κ2) is 8.19. The van der Waals surface area contributed by atoms with Gasteiger partial charge in [0, 0.05) is 11.1 Å². The fourth-order valence-electron chi connectivity index (χ4n) is 3.06. The van der Waals surface area contributed by atoms with Gasteiger partial charge in [-0.3, -0.25) is 4.79 Å². The summed E-state index contributed by atoms with van der Waals surface area (Å²) in [5.74, 6) is 0.566. The predicted molar refractivity (Wildman–Crippen MR) is 99.0 cm³/mol. The summed E-state index contributed by atoms with van der Waals surface area (Å²) in [5, 5.41) is 15.9. The van der Waals surface area contributed by atoms with Crippen LogP contribution in [0.1, 0.15) is 39.5 Å². The third kappa shape index (κ3) is 4.52. The standard InChI is InChI=1S/C17H22ClN5OS/c1-11-6-3-4-9-15(11)19-16(24)12(2)25-17-20-21-22-23(17)14-8-5-7-13(18)10-14/h5,7-8,10-12,15H,3-4,6,9H2,1-2H3,(H,19,24)/t11-,12+,15+/m0/s1. The summed E-state index contributed by atoms with van der Waals surface area (Å²) in [6.07, 6.45) is 4.68. The zero-order valence-electron chi connectivity index (χ0n) is 14.4. The lowest BCUT2D eigenvalue weighted by Gasteiger charge is -2.30. The lowest BCUT2D eigenvalue weighted by atomic mass is 9.86. The molecule has 0 bridgehead atoms. The van der Waals surface area contributed by atoms with Crippen LogP contribution in [0.15, 0.2) is 29.4 Å². The van der Waals surface area contributed by atoms with Crippen LogP contribution < -0.4 is 5.32 Å². The molecule has 0 aliphatic heterocycles. The Balaban J connectivity index is 1.66. The van der Waals surface area contributed by atoms with Gasteiger partial charge in [0.25, 0.3) is 0 Å². The quantitative estimate of drug-likeness (QED) is 0.805. The number of halogens is 1. The minimum absolute atomic E-state index is 0.0318. The number of amides is 1. The number of rotatable bonds is 5. The van der Waals surface area contributed by atoms with E-state index in [1.54, 1.807) is 16.8 Å². The molecule has 1 fully saturated rings. The number of nitrogens with one attached hydrogen (secondary N) is 1. The van der Waals surface area contributed by atoms with Crippen LogP contribution in [0.2, 0.25) is 5.02 Å². The third-order valence-electron chi connectivity index (χ3n) is 4.58. The number of nitrogens with zero attached hydrogens (tertiary/aromatic N) is 4. The minimum Gasteiger partial charge on any atom is -0.352 e. The SMILES string of the molecule is C[C@@H](Sc1nnnn1-c1cccc(Cl)c1)C(=O)N[C@@H]1CCCC[C@@H]1C. The van der Waals surface area contributed by atoms with Crippen LogP contribution in [0.4, 0.5) is 0 Å². The number of thioether (sulfide) groups is 1. The third-order valence-corrected chi connectivity index (χ3v) is 5.85. The van der Waals surface area contributed by atoms with E-state index in [4.69, 9.17) is 11.6 Å². The van der Waals surface area contributed by atoms with Gasteiger partial charge in [-0.25, -0.2) is 0 Å². The van der Waals surface area contributed by atoms with E-state index in [0.29, 0.717) is 16.1 Å². The smallest absolute Gasteiger partial charge is 0.233 e. The molecule has 1 aromatic carbocycles. The van der Waals surface area contributed by atoms with E-state index in [1.807, 2.05) is 19.1 Å². The molecule has 25 heavy (non-hydrogen) atoms. The maximum atomic E-state index is 12.6. The van der Waals surface area contributed by atoms with Gasteiger partial charge in [-0.2, -0.15) is 4.68 Å². The first-order chi connectivity index (χ1) is 12.0. The Morgan fingerprint density at radius 1 is 1.40 bits per heavy atom. The van der Waals surface area contributed by atoms with Gasteiger partial charge in [0.1, 0.15) is 0 Å². The van der Waals surface area contributed by atoms with Crippen LogP contribution in [0, 0.1) is 5.92 Å². The average molecular weight is 380 g/mol. The molecule has 1 heterocycles. The van der Waals surface area contributed by atoms with Crippen LogP contribution in [0.3, 0.4) is 0 Å². The molecule has 1 amide bonds. The molecule has 0 unspecified atom stereocenters. The van der Waals surface area contributed by atoms with Gasteiger partial charge < -0.3 is 5.32 Å². The highest BCUT2D eigenvalue weighted by Gasteiger charge is 2.26. The number of hydrogen-bond donors (Lipinski definition) is 1. The van der Waals surface area contributed by atoms with Gasteiger partial charge in [0.15, 0.2) is 0 Å². The molecule has 6 nitrogen and oxygen atoms in total. The lowest BCUT2D eigenvalue weighted by molar-refractivity contribution is -0.121. The maximum Gasteiger partial charge on any atom is 0.233 e. The molecule has 1 saturated carbocycles. The molecule has 1 aromatic heterocycles. The summed E-state index contributed by atoms with van der Waals surface area (Å²) >= 11 is 7.39. The topological polar surface area (TPSA) is 72.7 Å². The highest BCUT2D eigenvalue weighted by Crippen LogP contribution is 2.26. The van der Waals surface area contributed by atoms with Crippen LogP contribution >= 0.6 is 23.4 Å². The molecule has 0 spiro atoms. The zero-order chi connectivity index (χ0) is 17.8. The van der Waals surface area contributed by atoms with Crippen LogP contribution in [0.5, 0.6) is 0 Å². The minimum atomic E-state index is -0.280. The maximum absolute atomic E-state index is 12.6. The highest BCUT2D eigenvalue weighted by molar-refractivity contribution is 8.00. The van der Waals surface area contributed by atoms with E-state index in [2.05, 4.69) is 27.8 Å². The van der Waals surface area contributed by atoms with Crippen molar-refractivity contribution < 1.29 is 4.79 Å². The number of aromatic nitrogens is 4. The van der Waals surface area contributed by atoms with Crippen LogP contribution in [-0.2, 0) is 4.79 Å². The summed E-state index contributed by atoms with van der Waals surface area (Å²) in [7, 11) is 0. The molecular formula is C17H22ClN5OS. The zero-order valence-corrected chi connectivity index (χ0v) is 15.9. The fourth-order valence-corrected chi connectivity index (χ4v) is 4.07. The molecule has 0 radical (unpaired) electrons. The number of benzene rings is 1. The van der Waals surface area contributed by atoms with E-state index in [9.17, 15) is 4.79 Å². The van der Waals surface area contributed by atoms with Crippen molar-refractivity contribution in [2.75, 3.05) is 0 Å². The largest absolute Gasteiger partial charge is 0.352 e. The Morgan fingerprint density at radius 3 is 2.96 bits per heavy atom. The molecule has 1 aliphatic carbocycles. The van der Waals surface area contributed by atoms with Gasteiger partial charge in [-0.15, -0.1) is 5.10 Å². The van der Waals surface area contributed by atoms with Crippen molar-refractivity contribution in [3.8, 4) is 5.69 Å². The van der Waals surface area contributed by atoms with E-state index in [1.165, 1.54) is 31.0 Å². The van der Waals surface area contributed by atoms with Crippen molar-refractivity contribution >= 4 is 29.3 Å². The van der Waals surface area contributed by atoms with Crippen molar-refractivity contribution in [3.05, 3.63) is 29.3 Å². The van der Waals surface area contributed by atoms with Crippen molar-refractivity contribution in [2.45, 2.75) is 56.0 Å². The van der Waals surface area contributed by atoms with E-state index >= 15 is 0 Å². The van der Waals surface area contributed by atoms with Crippen molar-refractivity contribution in [2.24, 2.45) is 5.92 Å². The predicted octanol–water partition coefficient (Wildman–Crippen LogP) is 3.49. The Hall–Kier alpha value is -1.60. The summed E-state index contributed by atoms with van der Waals surface area (Å²) in [4.78, 5) is 12.6. The van der Waals surface area contributed by atoms with Crippen LogP contribution in [-0.4, -0.2) is 37.4 Å². The van der Waals surface area contributed by atoms with Gasteiger partial charge in [0.05, 0.1) is 10.9 Å². The Kier molecular flexibility index (Phi) is 5.96. The van der Waals surface area contributed by atoms with E-state index in [0.717, 1.165) is 12.1 Å². The second-order valence-electron chi connectivity index (χ2n) is 6.49. The van der Waals surface area contributed by atoms with Gasteiger partial charge in [-0.1, -0.05) is 49.2 Å². The Bertz CT molecular complexity index is 737. The molecule has 134 valence electrons. The van der Waals surface area contributed by atoms with Crippen molar-refractivity contribution in [1.82, 2.24) is 25.5 Å². The van der Waals surface area contributed by atoms with Crippen molar-refractivity contribution in [1.29, 1.82) is 0 Å². The number of hydrogen-bond acceptors (Lipinski definition) is 5. The molecule has 8 heteroatoms. The highest BCUT2D eigenvalue weighted by atomic mass is 35.5. The van der Waals surface area contributed by atoms with Gasteiger partial charge in [-0.05, 0) is 54.3 Å². The molecule has 3 atom stereocenters.